The number of esters is 1. The van der Waals surface area contributed by atoms with E-state index in [0.29, 0.717) is 19.3 Å². The minimum atomic E-state index is -0.148. The molecule has 15 heavy (non-hydrogen) atoms. The van der Waals surface area contributed by atoms with Gasteiger partial charge < -0.3 is 14.2 Å². The Hall–Kier alpha value is -1.45. The second-order valence-electron chi connectivity index (χ2n) is 3.61. The molecule has 0 unspecified atom stereocenters. The third-order valence-corrected chi connectivity index (χ3v) is 2.76. The Kier molecular flexibility index (Phi) is 2.66. The number of ether oxygens (including phenoxy) is 3. The number of carbonyl (C=O) groups is 1. The van der Waals surface area contributed by atoms with Crippen molar-refractivity contribution in [2.75, 3.05) is 14.2 Å². The molecule has 0 aromatic rings. The second kappa shape index (κ2) is 3.96. The number of hydrogen-bond donors (Lipinski definition) is 0. The fourth-order valence-corrected chi connectivity index (χ4v) is 1.91. The lowest BCUT2D eigenvalue weighted by Crippen LogP contribution is -2.18. The van der Waals surface area contributed by atoms with Crippen LogP contribution in [0.4, 0.5) is 0 Å². The van der Waals surface area contributed by atoms with E-state index in [1.807, 2.05) is 0 Å². The highest BCUT2D eigenvalue weighted by atomic mass is 16.5. The zero-order valence-electron chi connectivity index (χ0n) is 8.96. The molecule has 4 heteroatoms. The first kappa shape index (κ1) is 10.1. The predicted molar refractivity (Wildman–Crippen MR) is 52.6 cm³/mol. The topological polar surface area (TPSA) is 44.8 Å². The van der Waals surface area contributed by atoms with Crippen molar-refractivity contribution in [1.82, 2.24) is 0 Å². The van der Waals surface area contributed by atoms with Gasteiger partial charge in [-0.25, -0.2) is 0 Å². The van der Waals surface area contributed by atoms with Crippen LogP contribution in [-0.4, -0.2) is 20.2 Å². The molecule has 0 aromatic heterocycles. The lowest BCUT2D eigenvalue weighted by Gasteiger charge is -2.26. The fourth-order valence-electron chi connectivity index (χ4n) is 1.91. The van der Waals surface area contributed by atoms with E-state index in [2.05, 4.69) is 0 Å². The molecular formula is C11H14O4. The van der Waals surface area contributed by atoms with Crippen LogP contribution in [0.1, 0.15) is 25.7 Å². The molecule has 1 aliphatic carbocycles. The summed E-state index contributed by atoms with van der Waals surface area (Å²) in [5.74, 6) is 2.20. The van der Waals surface area contributed by atoms with E-state index in [-0.39, 0.29) is 5.97 Å². The highest BCUT2D eigenvalue weighted by Crippen LogP contribution is 2.36. The van der Waals surface area contributed by atoms with Crippen molar-refractivity contribution in [3.05, 3.63) is 22.9 Å². The van der Waals surface area contributed by atoms with Crippen LogP contribution < -0.4 is 0 Å². The van der Waals surface area contributed by atoms with Gasteiger partial charge in [0.1, 0.15) is 17.3 Å². The molecule has 1 aliphatic heterocycles. The third kappa shape index (κ3) is 1.84. The number of allylic oxidation sites excluding steroid dienone is 1. The molecule has 0 saturated heterocycles. The van der Waals surface area contributed by atoms with E-state index in [4.69, 9.17) is 14.2 Å². The van der Waals surface area contributed by atoms with Crippen molar-refractivity contribution in [2.45, 2.75) is 25.7 Å². The van der Waals surface area contributed by atoms with E-state index >= 15 is 0 Å². The molecule has 2 rings (SSSR count). The maximum atomic E-state index is 11.1. The normalized spacial score (nSPS) is 21.1. The molecule has 0 aromatic carbocycles. The lowest BCUT2D eigenvalue weighted by atomic mass is 9.95. The molecule has 2 aliphatic rings. The van der Waals surface area contributed by atoms with Gasteiger partial charge in [-0.05, 0) is 12.0 Å². The summed E-state index contributed by atoms with van der Waals surface area (Å²) in [6.45, 7) is 0. The standard InChI is InChI=1S/C11H14O4/c1-13-9-5-7-3-4-11(12)15-8(7)6-10(9)14-2/h3-6H2,1-2H3. The van der Waals surface area contributed by atoms with Crippen LogP contribution in [0.25, 0.3) is 0 Å². The number of hydrogen-bond acceptors (Lipinski definition) is 4. The SMILES string of the molecule is COC1=C(OC)CC2=C(CCC(=O)O2)C1. The Morgan fingerprint density at radius 1 is 1.07 bits per heavy atom. The van der Waals surface area contributed by atoms with Gasteiger partial charge in [-0.3, -0.25) is 4.79 Å². The predicted octanol–water partition coefficient (Wildman–Crippen LogP) is 1.88. The van der Waals surface area contributed by atoms with Gasteiger partial charge in [0.2, 0.25) is 0 Å². The first-order chi connectivity index (χ1) is 7.24. The summed E-state index contributed by atoms with van der Waals surface area (Å²) in [5, 5.41) is 0. The largest absolute Gasteiger partial charge is 0.497 e. The smallest absolute Gasteiger partial charge is 0.311 e. The van der Waals surface area contributed by atoms with Crippen molar-refractivity contribution >= 4 is 5.97 Å². The molecule has 0 spiro atoms. The first-order valence-electron chi connectivity index (χ1n) is 4.96. The van der Waals surface area contributed by atoms with E-state index in [0.717, 1.165) is 29.3 Å². The van der Waals surface area contributed by atoms with Gasteiger partial charge in [0.25, 0.3) is 0 Å². The summed E-state index contributed by atoms with van der Waals surface area (Å²) < 4.78 is 15.6. The third-order valence-electron chi connectivity index (χ3n) is 2.76. The average Bonchev–Trinajstić information content (AvgIpc) is 2.27. The van der Waals surface area contributed by atoms with Crippen molar-refractivity contribution in [3.8, 4) is 0 Å². The Labute approximate surface area is 88.5 Å². The fraction of sp³-hybridized carbons (Fsp3) is 0.545. The summed E-state index contributed by atoms with van der Waals surface area (Å²) in [6.07, 6.45) is 2.47. The minimum Gasteiger partial charge on any atom is -0.497 e. The summed E-state index contributed by atoms with van der Waals surface area (Å²) in [4.78, 5) is 11.1. The van der Waals surface area contributed by atoms with E-state index < -0.39 is 0 Å². The van der Waals surface area contributed by atoms with Crippen LogP contribution >= 0.6 is 0 Å². The van der Waals surface area contributed by atoms with Crippen LogP contribution in [0.15, 0.2) is 22.9 Å². The zero-order chi connectivity index (χ0) is 10.8. The maximum absolute atomic E-state index is 11.1. The van der Waals surface area contributed by atoms with Gasteiger partial charge in [0.05, 0.1) is 20.6 Å². The van der Waals surface area contributed by atoms with Gasteiger partial charge in [0.15, 0.2) is 0 Å². The Morgan fingerprint density at radius 3 is 2.40 bits per heavy atom. The van der Waals surface area contributed by atoms with E-state index in [9.17, 15) is 4.79 Å². The highest BCUT2D eigenvalue weighted by Gasteiger charge is 2.28. The number of methoxy groups -OCH3 is 2. The molecule has 0 fully saturated rings. The van der Waals surface area contributed by atoms with Gasteiger partial charge in [0, 0.05) is 12.8 Å². The van der Waals surface area contributed by atoms with Gasteiger partial charge >= 0.3 is 5.97 Å². The van der Waals surface area contributed by atoms with Crippen LogP contribution in [0.5, 0.6) is 0 Å². The second-order valence-corrected chi connectivity index (χ2v) is 3.61. The van der Waals surface area contributed by atoms with Gasteiger partial charge in [-0.15, -0.1) is 0 Å². The average molecular weight is 210 g/mol. The summed E-state index contributed by atoms with van der Waals surface area (Å²) >= 11 is 0. The zero-order valence-corrected chi connectivity index (χ0v) is 8.96. The van der Waals surface area contributed by atoms with Crippen molar-refractivity contribution < 1.29 is 19.0 Å². The molecule has 0 atom stereocenters. The molecule has 0 N–H and O–H groups in total. The summed E-state index contributed by atoms with van der Waals surface area (Å²) in [5.41, 5.74) is 1.16. The molecule has 4 nitrogen and oxygen atoms in total. The summed E-state index contributed by atoms with van der Waals surface area (Å²) in [6, 6.07) is 0. The van der Waals surface area contributed by atoms with Gasteiger partial charge in [-0.1, -0.05) is 0 Å². The van der Waals surface area contributed by atoms with E-state index in [1.165, 1.54) is 0 Å². The van der Waals surface area contributed by atoms with Crippen molar-refractivity contribution in [3.63, 3.8) is 0 Å². The molecule has 0 radical (unpaired) electrons. The highest BCUT2D eigenvalue weighted by molar-refractivity contribution is 5.72. The Balaban J connectivity index is 2.20. The number of carbonyl (C=O) groups excluding carboxylic acids is 1. The minimum absolute atomic E-state index is 0.148. The van der Waals surface area contributed by atoms with Crippen LogP contribution in [0, 0.1) is 0 Å². The van der Waals surface area contributed by atoms with Crippen LogP contribution in [0.3, 0.4) is 0 Å². The first-order valence-corrected chi connectivity index (χ1v) is 4.96. The van der Waals surface area contributed by atoms with Crippen LogP contribution in [-0.2, 0) is 19.0 Å². The Morgan fingerprint density at radius 2 is 1.73 bits per heavy atom. The van der Waals surface area contributed by atoms with Crippen LogP contribution in [0.2, 0.25) is 0 Å². The molecule has 0 amide bonds. The lowest BCUT2D eigenvalue weighted by molar-refractivity contribution is -0.141. The monoisotopic (exact) mass is 210 g/mol. The van der Waals surface area contributed by atoms with Crippen molar-refractivity contribution in [2.24, 2.45) is 0 Å². The quantitative estimate of drug-likeness (QED) is 0.653. The van der Waals surface area contributed by atoms with Gasteiger partial charge in [-0.2, -0.15) is 0 Å². The molecule has 0 bridgehead atoms. The number of rotatable bonds is 2. The molecular weight excluding hydrogens is 196 g/mol. The van der Waals surface area contributed by atoms with E-state index in [1.54, 1.807) is 14.2 Å². The van der Waals surface area contributed by atoms with Crippen molar-refractivity contribution in [1.29, 1.82) is 0 Å². The Bertz CT molecular complexity index is 352. The maximum Gasteiger partial charge on any atom is 0.311 e. The molecule has 0 saturated carbocycles. The molecule has 1 heterocycles. The summed E-state index contributed by atoms with van der Waals surface area (Å²) in [7, 11) is 3.24. The molecule has 82 valence electrons.